The second kappa shape index (κ2) is 9.11. The zero-order valence-electron chi connectivity index (χ0n) is 16.4. The van der Waals surface area contributed by atoms with E-state index in [4.69, 9.17) is 11.6 Å². The summed E-state index contributed by atoms with van der Waals surface area (Å²) in [4.78, 5) is 14.8. The number of hydrazone groups is 1. The fourth-order valence-corrected chi connectivity index (χ4v) is 3.71. The lowest BCUT2D eigenvalue weighted by Gasteiger charge is -2.09. The number of aryl methyl sites for hydroxylation is 1. The predicted molar refractivity (Wildman–Crippen MR) is 120 cm³/mol. The molecule has 0 spiro atoms. The number of carbonyl (C=O) groups is 1. The molecule has 0 aliphatic carbocycles. The predicted octanol–water partition coefficient (Wildman–Crippen LogP) is 4.60. The van der Waals surface area contributed by atoms with Crippen LogP contribution in [-0.2, 0) is 10.0 Å². The van der Waals surface area contributed by atoms with E-state index in [-0.39, 0.29) is 10.8 Å². The summed E-state index contributed by atoms with van der Waals surface area (Å²) in [6.45, 7) is 3.55. The first-order valence-electron chi connectivity index (χ1n) is 9.05. The van der Waals surface area contributed by atoms with Crippen LogP contribution in [0.5, 0.6) is 0 Å². The lowest BCUT2D eigenvalue weighted by atomic mass is 10.1. The van der Waals surface area contributed by atoms with Gasteiger partial charge in [0.1, 0.15) is 0 Å². The molecule has 0 heterocycles. The number of halogens is 1. The highest BCUT2D eigenvalue weighted by molar-refractivity contribution is 7.89. The monoisotopic (exact) mass is 441 g/mol. The number of amides is 1. The maximum absolute atomic E-state index is 12.4. The highest BCUT2D eigenvalue weighted by Gasteiger charge is 2.13. The van der Waals surface area contributed by atoms with Crippen LogP contribution >= 0.6 is 11.6 Å². The lowest BCUT2D eigenvalue weighted by molar-refractivity contribution is 0.102. The van der Waals surface area contributed by atoms with Gasteiger partial charge in [0.25, 0.3) is 15.9 Å². The molecule has 0 aromatic heterocycles. The topological polar surface area (TPSA) is 87.6 Å². The number of hydrogen-bond acceptors (Lipinski definition) is 4. The molecule has 154 valence electrons. The van der Waals surface area contributed by atoms with Crippen LogP contribution in [0, 0.1) is 6.92 Å². The molecule has 0 aliphatic rings. The lowest BCUT2D eigenvalue weighted by Crippen LogP contribution is -2.20. The summed E-state index contributed by atoms with van der Waals surface area (Å²) in [7, 11) is -3.77. The van der Waals surface area contributed by atoms with Crippen LogP contribution in [0.4, 0.5) is 5.69 Å². The molecule has 0 fully saturated rings. The van der Waals surface area contributed by atoms with E-state index in [2.05, 4.69) is 15.2 Å². The fraction of sp³-hybridized carbons (Fsp3) is 0.0909. The van der Waals surface area contributed by atoms with E-state index in [1.807, 2.05) is 6.92 Å². The van der Waals surface area contributed by atoms with Gasteiger partial charge in [0, 0.05) is 5.69 Å². The van der Waals surface area contributed by atoms with E-state index < -0.39 is 10.0 Å². The standard InChI is InChI=1S/C22H20ClN3O3S/c1-15-10-12-19(13-11-15)30(28,29)26-25-16(2)17-6-5-7-18(14-17)24-22(27)20-8-3-4-9-21(20)23/h3-14,26H,1-2H3,(H,24,27)/b25-16+. The minimum atomic E-state index is -3.77. The number of anilines is 1. The van der Waals surface area contributed by atoms with Gasteiger partial charge in [-0.05, 0) is 55.8 Å². The molecular weight excluding hydrogens is 422 g/mol. The number of carbonyl (C=O) groups excluding carboxylic acids is 1. The number of benzene rings is 3. The van der Waals surface area contributed by atoms with Gasteiger partial charge in [0.2, 0.25) is 0 Å². The quantitative estimate of drug-likeness (QED) is 0.432. The molecule has 3 aromatic rings. The third-order valence-electron chi connectivity index (χ3n) is 4.32. The number of nitrogens with one attached hydrogen (secondary N) is 2. The van der Waals surface area contributed by atoms with Crippen molar-refractivity contribution in [2.24, 2.45) is 5.10 Å². The second-order valence-corrected chi connectivity index (χ2v) is 8.69. The van der Waals surface area contributed by atoms with Crippen LogP contribution in [0.2, 0.25) is 5.02 Å². The Balaban J connectivity index is 1.75. The molecule has 0 saturated heterocycles. The van der Waals surface area contributed by atoms with Gasteiger partial charge in [-0.3, -0.25) is 4.79 Å². The van der Waals surface area contributed by atoms with Crippen molar-refractivity contribution in [2.45, 2.75) is 18.7 Å². The normalized spacial score (nSPS) is 11.8. The molecule has 1 amide bonds. The van der Waals surface area contributed by atoms with Crippen LogP contribution in [-0.4, -0.2) is 20.0 Å². The van der Waals surface area contributed by atoms with E-state index in [1.165, 1.54) is 12.1 Å². The highest BCUT2D eigenvalue weighted by Crippen LogP contribution is 2.18. The first-order chi connectivity index (χ1) is 14.3. The number of sulfonamides is 1. The van der Waals surface area contributed by atoms with Crippen molar-refractivity contribution in [3.63, 3.8) is 0 Å². The largest absolute Gasteiger partial charge is 0.322 e. The van der Waals surface area contributed by atoms with Crippen LogP contribution in [0.25, 0.3) is 0 Å². The fourth-order valence-electron chi connectivity index (χ4n) is 2.63. The molecule has 0 saturated carbocycles. The van der Waals surface area contributed by atoms with Gasteiger partial charge >= 0.3 is 0 Å². The maximum atomic E-state index is 12.4. The summed E-state index contributed by atoms with van der Waals surface area (Å²) in [6, 6.07) is 20.2. The molecule has 8 heteroatoms. The Bertz CT molecular complexity index is 1210. The van der Waals surface area contributed by atoms with E-state index >= 15 is 0 Å². The first-order valence-corrected chi connectivity index (χ1v) is 10.9. The van der Waals surface area contributed by atoms with Crippen molar-refractivity contribution in [3.05, 3.63) is 94.5 Å². The zero-order valence-corrected chi connectivity index (χ0v) is 18.0. The highest BCUT2D eigenvalue weighted by atomic mass is 35.5. The summed E-state index contributed by atoms with van der Waals surface area (Å²) in [6.07, 6.45) is 0. The number of nitrogens with zero attached hydrogens (tertiary/aromatic N) is 1. The van der Waals surface area contributed by atoms with Gasteiger partial charge in [-0.1, -0.05) is 53.6 Å². The third-order valence-corrected chi connectivity index (χ3v) is 5.88. The SMILES string of the molecule is C/C(=N\NS(=O)(=O)c1ccc(C)cc1)c1cccc(NC(=O)c2ccccc2Cl)c1. The van der Waals surface area contributed by atoms with E-state index in [0.29, 0.717) is 27.5 Å². The average molecular weight is 442 g/mol. The van der Waals surface area contributed by atoms with E-state index in [0.717, 1.165) is 5.56 Å². The van der Waals surface area contributed by atoms with E-state index in [1.54, 1.807) is 67.6 Å². The van der Waals surface area contributed by atoms with Crippen molar-refractivity contribution in [1.82, 2.24) is 4.83 Å². The van der Waals surface area contributed by atoms with Crippen molar-refractivity contribution in [3.8, 4) is 0 Å². The number of hydrogen-bond donors (Lipinski definition) is 2. The molecule has 2 N–H and O–H groups in total. The van der Waals surface area contributed by atoms with Crippen LogP contribution in [0.15, 0.2) is 82.8 Å². The van der Waals surface area contributed by atoms with E-state index in [9.17, 15) is 13.2 Å². The van der Waals surface area contributed by atoms with Crippen molar-refractivity contribution in [2.75, 3.05) is 5.32 Å². The van der Waals surface area contributed by atoms with Crippen LogP contribution < -0.4 is 10.1 Å². The van der Waals surface area contributed by atoms with Crippen LogP contribution in [0.3, 0.4) is 0 Å². The van der Waals surface area contributed by atoms with Gasteiger partial charge < -0.3 is 5.32 Å². The summed E-state index contributed by atoms with van der Waals surface area (Å²) >= 11 is 6.07. The minimum Gasteiger partial charge on any atom is -0.322 e. The summed E-state index contributed by atoms with van der Waals surface area (Å²) in [5.41, 5.74) is 2.96. The summed E-state index contributed by atoms with van der Waals surface area (Å²) < 4.78 is 24.8. The molecular formula is C22H20ClN3O3S. The van der Waals surface area contributed by atoms with Gasteiger partial charge in [-0.2, -0.15) is 18.4 Å². The molecule has 0 atom stereocenters. The zero-order chi connectivity index (χ0) is 21.7. The molecule has 6 nitrogen and oxygen atoms in total. The van der Waals surface area contributed by atoms with Gasteiger partial charge in [-0.25, -0.2) is 0 Å². The van der Waals surface area contributed by atoms with Crippen molar-refractivity contribution >= 4 is 38.9 Å². The molecule has 3 aromatic carbocycles. The first kappa shape index (κ1) is 21.5. The molecule has 0 radical (unpaired) electrons. The Morgan fingerprint density at radius 1 is 0.967 bits per heavy atom. The smallest absolute Gasteiger partial charge is 0.276 e. The molecule has 0 unspecified atom stereocenters. The molecule has 0 bridgehead atoms. The van der Waals surface area contributed by atoms with Crippen LogP contribution in [0.1, 0.15) is 28.4 Å². The third kappa shape index (κ3) is 5.25. The van der Waals surface area contributed by atoms with Gasteiger partial charge in [0.05, 0.1) is 21.2 Å². The summed E-state index contributed by atoms with van der Waals surface area (Å²) in [5.74, 6) is -0.340. The Kier molecular flexibility index (Phi) is 6.54. The van der Waals surface area contributed by atoms with Crippen molar-refractivity contribution in [1.29, 1.82) is 0 Å². The summed E-state index contributed by atoms with van der Waals surface area (Å²) in [5, 5.41) is 7.14. The average Bonchev–Trinajstić information content (AvgIpc) is 2.73. The Morgan fingerprint density at radius 2 is 1.67 bits per heavy atom. The second-order valence-electron chi connectivity index (χ2n) is 6.62. The number of rotatable bonds is 6. The molecule has 3 rings (SSSR count). The maximum Gasteiger partial charge on any atom is 0.276 e. The Morgan fingerprint density at radius 3 is 2.37 bits per heavy atom. The van der Waals surface area contributed by atoms with Gasteiger partial charge in [0.15, 0.2) is 0 Å². The molecule has 0 aliphatic heterocycles. The van der Waals surface area contributed by atoms with Crippen molar-refractivity contribution < 1.29 is 13.2 Å². The minimum absolute atomic E-state index is 0.130. The Hall–Kier alpha value is -3.16. The van der Waals surface area contributed by atoms with Gasteiger partial charge in [-0.15, -0.1) is 0 Å². The Labute approximate surface area is 180 Å². The molecule has 30 heavy (non-hydrogen) atoms.